The smallest absolute Gasteiger partial charge is 0.326 e. The summed E-state index contributed by atoms with van der Waals surface area (Å²) in [7, 11) is 0. The predicted molar refractivity (Wildman–Crippen MR) is 136 cm³/mol. The van der Waals surface area contributed by atoms with Gasteiger partial charge < -0.3 is 25.4 Å². The van der Waals surface area contributed by atoms with E-state index in [1.54, 1.807) is 13.0 Å². The number of hydrogen-bond donors (Lipinski definition) is 4. The van der Waals surface area contributed by atoms with E-state index < -0.39 is 12.0 Å². The van der Waals surface area contributed by atoms with Crippen LogP contribution in [0, 0.1) is 10.8 Å². The summed E-state index contributed by atoms with van der Waals surface area (Å²) < 4.78 is 6.12. The number of nitrogens with zero attached hydrogens (tertiary/aromatic N) is 2. The average molecular weight is 464 g/mol. The summed E-state index contributed by atoms with van der Waals surface area (Å²) in [6, 6.07) is 14.2. The van der Waals surface area contributed by atoms with Gasteiger partial charge in [0.25, 0.3) is 0 Å². The number of piperidine rings is 1. The Kier molecular flexibility index (Phi) is 8.29. The summed E-state index contributed by atoms with van der Waals surface area (Å²) in [4.78, 5) is 15.6. The van der Waals surface area contributed by atoms with Crippen LogP contribution in [0.25, 0.3) is 6.08 Å². The molecule has 0 radical (unpaired) electrons. The van der Waals surface area contributed by atoms with E-state index in [2.05, 4.69) is 4.90 Å². The summed E-state index contributed by atoms with van der Waals surface area (Å²) >= 11 is 0. The molecule has 34 heavy (non-hydrogen) atoms. The highest BCUT2D eigenvalue weighted by molar-refractivity contribution is 5.95. The minimum atomic E-state index is -0.902. The van der Waals surface area contributed by atoms with Gasteiger partial charge in [0.1, 0.15) is 23.7 Å². The molecule has 1 aliphatic heterocycles. The number of amidine groups is 2. The van der Waals surface area contributed by atoms with Crippen molar-refractivity contribution in [1.82, 2.24) is 4.90 Å². The van der Waals surface area contributed by atoms with E-state index in [4.69, 9.17) is 21.3 Å². The first-order chi connectivity index (χ1) is 16.2. The van der Waals surface area contributed by atoms with Gasteiger partial charge in [-0.05, 0) is 49.7 Å². The third kappa shape index (κ3) is 6.60. The van der Waals surface area contributed by atoms with Crippen LogP contribution in [0.2, 0.25) is 0 Å². The van der Waals surface area contributed by atoms with E-state index in [9.17, 15) is 9.90 Å². The number of carboxylic acid groups (broad SMARTS) is 1. The van der Waals surface area contributed by atoms with E-state index in [0.29, 0.717) is 17.9 Å². The van der Waals surface area contributed by atoms with E-state index in [-0.39, 0.29) is 11.9 Å². The summed E-state index contributed by atoms with van der Waals surface area (Å²) in [5, 5.41) is 24.9. The van der Waals surface area contributed by atoms with Gasteiger partial charge in [0.15, 0.2) is 0 Å². The fourth-order valence-electron chi connectivity index (χ4n) is 3.95. The zero-order valence-corrected chi connectivity index (χ0v) is 19.7. The van der Waals surface area contributed by atoms with Gasteiger partial charge in [0.05, 0.1) is 5.84 Å². The number of anilines is 1. The Balaban J connectivity index is 1.66. The maximum atomic E-state index is 11.7. The lowest BCUT2D eigenvalue weighted by atomic mass is 10.1. The number of carbonyl (C=O) groups is 1. The average Bonchev–Trinajstić information content (AvgIpc) is 2.82. The molecule has 1 fully saturated rings. The maximum Gasteiger partial charge on any atom is 0.326 e. The fourth-order valence-corrected chi connectivity index (χ4v) is 3.95. The lowest BCUT2D eigenvalue weighted by molar-refractivity contribution is -0.138. The molecule has 2 aromatic carbocycles. The number of benzene rings is 2. The number of ether oxygens (including phenoxy) is 1. The molecule has 1 unspecified atom stereocenters. The fraction of sp³-hybridized carbons (Fsp3) is 0.346. The molecular weight excluding hydrogens is 430 g/mol. The molecule has 5 N–H and O–H groups in total. The van der Waals surface area contributed by atoms with Crippen LogP contribution in [0.3, 0.4) is 0 Å². The largest absolute Gasteiger partial charge is 0.490 e. The zero-order chi connectivity index (χ0) is 24.7. The van der Waals surface area contributed by atoms with Crippen LogP contribution in [0.1, 0.15) is 37.8 Å². The number of hydrogen-bond acceptors (Lipinski definition) is 5. The Morgan fingerprint density at radius 1 is 1.24 bits per heavy atom. The van der Waals surface area contributed by atoms with Crippen molar-refractivity contribution in [3.8, 4) is 5.75 Å². The Labute approximate surface area is 200 Å². The predicted octanol–water partition coefficient (Wildman–Crippen LogP) is 3.80. The molecule has 3 rings (SSSR count). The molecule has 0 aromatic heterocycles. The monoisotopic (exact) mass is 463 g/mol. The normalized spacial score (nSPS) is 15.2. The number of carboxylic acids is 1. The Morgan fingerprint density at radius 2 is 1.91 bits per heavy atom. The van der Waals surface area contributed by atoms with Gasteiger partial charge in [0, 0.05) is 43.7 Å². The minimum Gasteiger partial charge on any atom is -0.490 e. The van der Waals surface area contributed by atoms with Gasteiger partial charge in [0.2, 0.25) is 0 Å². The highest BCUT2D eigenvalue weighted by Crippen LogP contribution is 2.24. The van der Waals surface area contributed by atoms with Crippen molar-refractivity contribution in [2.75, 3.05) is 24.5 Å². The summed E-state index contributed by atoms with van der Waals surface area (Å²) in [6.45, 7) is 5.52. The summed E-state index contributed by atoms with van der Waals surface area (Å²) in [5.74, 6) is 0.457. The highest BCUT2D eigenvalue weighted by Gasteiger charge is 2.22. The van der Waals surface area contributed by atoms with E-state index in [1.165, 1.54) is 0 Å². The van der Waals surface area contributed by atoms with Crippen LogP contribution in [-0.2, 0) is 4.79 Å². The third-order valence-corrected chi connectivity index (χ3v) is 6.02. The van der Waals surface area contributed by atoms with E-state index in [0.717, 1.165) is 42.9 Å². The first-order valence-electron chi connectivity index (χ1n) is 11.4. The van der Waals surface area contributed by atoms with Crippen LogP contribution in [0.15, 0.2) is 54.6 Å². The van der Waals surface area contributed by atoms with Crippen LogP contribution in [0.5, 0.6) is 5.75 Å². The standard InChI is InChI=1S/C26H33N5O3/c1-18(26(32)33)31(14-4-6-20-5-3-7-21(17-20)25(28)29)22-8-10-23(11-9-22)34-24-12-15-30(16-13-24)19(2)27/h3-11,17-18,24,27H,12-16H2,1-2H3,(H3,28,29)(H,32,33). The molecule has 8 heteroatoms. The molecule has 1 heterocycles. The number of nitrogens with one attached hydrogen (secondary N) is 2. The molecule has 1 aliphatic rings. The molecule has 0 aliphatic carbocycles. The summed E-state index contributed by atoms with van der Waals surface area (Å²) in [6.07, 6.45) is 5.66. The lowest BCUT2D eigenvalue weighted by Gasteiger charge is -2.33. The van der Waals surface area contributed by atoms with Crippen molar-refractivity contribution in [3.63, 3.8) is 0 Å². The van der Waals surface area contributed by atoms with Gasteiger partial charge >= 0.3 is 5.97 Å². The van der Waals surface area contributed by atoms with Crippen LogP contribution < -0.4 is 15.4 Å². The number of rotatable bonds is 9. The molecule has 8 nitrogen and oxygen atoms in total. The number of likely N-dealkylation sites (tertiary alicyclic amines) is 1. The molecule has 0 bridgehead atoms. The SMILES string of the molecule is CC(=N)N1CCC(Oc2ccc(N(CC=Cc3cccc(C(=N)N)c3)C(C)C(=O)O)cc2)CC1. The van der Waals surface area contributed by atoms with Gasteiger partial charge in [-0.15, -0.1) is 0 Å². The molecule has 0 amide bonds. The zero-order valence-electron chi connectivity index (χ0n) is 19.7. The third-order valence-electron chi connectivity index (χ3n) is 6.02. The lowest BCUT2D eigenvalue weighted by Crippen LogP contribution is -2.40. The van der Waals surface area contributed by atoms with E-state index >= 15 is 0 Å². The van der Waals surface area contributed by atoms with Gasteiger partial charge in [-0.25, -0.2) is 4.79 Å². The molecule has 1 atom stereocenters. The van der Waals surface area contributed by atoms with Crippen LogP contribution in [0.4, 0.5) is 5.69 Å². The maximum absolute atomic E-state index is 11.7. The van der Waals surface area contributed by atoms with Crippen molar-refractivity contribution in [2.24, 2.45) is 5.73 Å². The molecule has 0 saturated carbocycles. The number of nitrogen functional groups attached to an aromatic ring is 1. The molecule has 1 saturated heterocycles. The summed E-state index contributed by atoms with van der Waals surface area (Å²) in [5.41, 5.74) is 7.89. The molecule has 0 spiro atoms. The number of aliphatic carboxylic acids is 1. The highest BCUT2D eigenvalue weighted by atomic mass is 16.5. The van der Waals surface area contributed by atoms with Crippen LogP contribution in [-0.4, -0.2) is 59.4 Å². The molecular formula is C26H33N5O3. The van der Waals surface area contributed by atoms with Crippen molar-refractivity contribution in [2.45, 2.75) is 38.8 Å². The Bertz CT molecular complexity index is 1040. The minimum absolute atomic E-state index is 0.00840. The molecule has 2 aromatic rings. The van der Waals surface area contributed by atoms with Crippen molar-refractivity contribution in [3.05, 3.63) is 65.7 Å². The van der Waals surface area contributed by atoms with Crippen molar-refractivity contribution in [1.29, 1.82) is 10.8 Å². The number of nitrogens with two attached hydrogens (primary N) is 1. The first-order valence-corrected chi connectivity index (χ1v) is 11.4. The second-order valence-corrected chi connectivity index (χ2v) is 8.49. The van der Waals surface area contributed by atoms with Crippen molar-refractivity contribution >= 4 is 29.4 Å². The molecule has 180 valence electrons. The first kappa shape index (κ1) is 24.8. The second kappa shape index (κ2) is 11.4. The van der Waals surface area contributed by atoms with Gasteiger partial charge in [-0.2, -0.15) is 0 Å². The van der Waals surface area contributed by atoms with Crippen molar-refractivity contribution < 1.29 is 14.6 Å². The van der Waals surface area contributed by atoms with Gasteiger partial charge in [-0.3, -0.25) is 10.8 Å². The quantitative estimate of drug-likeness (QED) is 0.331. The van der Waals surface area contributed by atoms with Gasteiger partial charge in [-0.1, -0.05) is 30.4 Å². The second-order valence-electron chi connectivity index (χ2n) is 8.49. The van der Waals surface area contributed by atoms with Crippen LogP contribution >= 0.6 is 0 Å². The van der Waals surface area contributed by atoms with E-state index in [1.807, 2.05) is 66.4 Å². The Morgan fingerprint density at radius 3 is 2.50 bits per heavy atom. The topological polar surface area (TPSA) is 127 Å². The Hall–Kier alpha value is -3.81.